The van der Waals surface area contributed by atoms with Gasteiger partial charge in [0.15, 0.2) is 5.82 Å². The SMILES string of the molecule is CC(N)c1ccc(C(=O)Nc2ccncc2F)cc1-c1cccc(C(=O)O)c1. The average molecular weight is 379 g/mol. The van der Waals surface area contributed by atoms with Gasteiger partial charge in [0.05, 0.1) is 17.4 Å². The standard InChI is InChI=1S/C21H18FN3O3/c1-12(23)16-6-5-14(20(26)25-19-7-8-24-11-18(19)22)10-17(16)13-3-2-4-15(9-13)21(27)28/h2-12H,23H2,1H3,(H,27,28)(H,24,25,26). The molecule has 4 N–H and O–H groups in total. The fraction of sp³-hybridized carbons (Fsp3) is 0.0952. The molecule has 0 aliphatic heterocycles. The van der Waals surface area contributed by atoms with Gasteiger partial charge < -0.3 is 16.2 Å². The highest BCUT2D eigenvalue weighted by Crippen LogP contribution is 2.29. The van der Waals surface area contributed by atoms with Crippen LogP contribution >= 0.6 is 0 Å². The number of amides is 1. The largest absolute Gasteiger partial charge is 0.478 e. The van der Waals surface area contributed by atoms with Crippen LogP contribution < -0.4 is 11.1 Å². The third kappa shape index (κ3) is 4.05. The van der Waals surface area contributed by atoms with Crippen molar-refractivity contribution in [1.82, 2.24) is 4.98 Å². The lowest BCUT2D eigenvalue weighted by molar-refractivity contribution is 0.0696. The molecular weight excluding hydrogens is 361 g/mol. The van der Waals surface area contributed by atoms with Crippen LogP contribution in [0.15, 0.2) is 60.9 Å². The summed E-state index contributed by atoms with van der Waals surface area (Å²) in [7, 11) is 0. The highest BCUT2D eigenvalue weighted by Gasteiger charge is 2.16. The minimum atomic E-state index is -1.05. The number of carboxylic acids is 1. The Morgan fingerprint density at radius 2 is 1.93 bits per heavy atom. The molecule has 0 bridgehead atoms. The molecule has 1 amide bonds. The minimum Gasteiger partial charge on any atom is -0.478 e. The van der Waals surface area contributed by atoms with Crippen LogP contribution in [0.1, 0.15) is 39.2 Å². The molecule has 0 radical (unpaired) electrons. The van der Waals surface area contributed by atoms with Gasteiger partial charge in [0.1, 0.15) is 0 Å². The van der Waals surface area contributed by atoms with Gasteiger partial charge in [0, 0.05) is 17.8 Å². The maximum atomic E-state index is 13.8. The number of nitrogens with two attached hydrogens (primary N) is 1. The number of pyridine rings is 1. The first kappa shape index (κ1) is 19.2. The van der Waals surface area contributed by atoms with Gasteiger partial charge in [-0.25, -0.2) is 9.18 Å². The number of carboxylic acid groups (broad SMARTS) is 1. The van der Waals surface area contributed by atoms with Crippen LogP contribution in [0, 0.1) is 5.82 Å². The van der Waals surface area contributed by atoms with Gasteiger partial charge in [0.2, 0.25) is 0 Å². The normalized spacial score (nSPS) is 11.7. The van der Waals surface area contributed by atoms with Gasteiger partial charge in [-0.2, -0.15) is 0 Å². The van der Waals surface area contributed by atoms with Crippen molar-refractivity contribution in [3.8, 4) is 11.1 Å². The van der Waals surface area contributed by atoms with Crippen molar-refractivity contribution in [2.45, 2.75) is 13.0 Å². The average Bonchev–Trinajstić information content (AvgIpc) is 2.69. The lowest BCUT2D eigenvalue weighted by atomic mass is 9.92. The number of carbonyl (C=O) groups is 2. The zero-order valence-corrected chi connectivity index (χ0v) is 15.0. The van der Waals surface area contributed by atoms with E-state index in [2.05, 4.69) is 10.3 Å². The van der Waals surface area contributed by atoms with Crippen LogP contribution in [-0.2, 0) is 0 Å². The van der Waals surface area contributed by atoms with Crippen molar-refractivity contribution >= 4 is 17.6 Å². The zero-order chi connectivity index (χ0) is 20.3. The van der Waals surface area contributed by atoms with Gasteiger partial charge in [-0.3, -0.25) is 9.78 Å². The van der Waals surface area contributed by atoms with Crippen LogP contribution in [0.3, 0.4) is 0 Å². The number of hydrogen-bond donors (Lipinski definition) is 3. The summed E-state index contributed by atoms with van der Waals surface area (Å²) in [6, 6.07) is 12.3. The lowest BCUT2D eigenvalue weighted by Crippen LogP contribution is -2.14. The van der Waals surface area contributed by atoms with Crippen LogP contribution in [0.4, 0.5) is 10.1 Å². The Labute approximate surface area is 160 Å². The fourth-order valence-corrected chi connectivity index (χ4v) is 2.84. The van der Waals surface area contributed by atoms with Gasteiger partial charge >= 0.3 is 5.97 Å². The third-order valence-corrected chi connectivity index (χ3v) is 4.25. The van der Waals surface area contributed by atoms with E-state index in [4.69, 9.17) is 5.73 Å². The van der Waals surface area contributed by atoms with E-state index >= 15 is 0 Å². The minimum absolute atomic E-state index is 0.0192. The van der Waals surface area contributed by atoms with Crippen molar-refractivity contribution in [1.29, 1.82) is 0 Å². The molecule has 0 aliphatic rings. The second kappa shape index (κ2) is 7.98. The fourth-order valence-electron chi connectivity index (χ4n) is 2.84. The molecule has 1 heterocycles. The molecule has 0 saturated heterocycles. The molecule has 0 saturated carbocycles. The van der Waals surface area contributed by atoms with Crippen molar-refractivity contribution in [2.24, 2.45) is 5.73 Å². The van der Waals surface area contributed by atoms with Crippen molar-refractivity contribution in [3.63, 3.8) is 0 Å². The van der Waals surface area contributed by atoms with E-state index in [9.17, 15) is 19.1 Å². The number of nitrogens with one attached hydrogen (secondary N) is 1. The molecule has 7 heteroatoms. The Morgan fingerprint density at radius 1 is 1.14 bits per heavy atom. The smallest absolute Gasteiger partial charge is 0.335 e. The molecule has 3 rings (SSSR count). The molecule has 3 aromatic rings. The van der Waals surface area contributed by atoms with Crippen LogP contribution in [0.25, 0.3) is 11.1 Å². The molecule has 28 heavy (non-hydrogen) atoms. The lowest BCUT2D eigenvalue weighted by Gasteiger charge is -2.15. The summed E-state index contributed by atoms with van der Waals surface area (Å²) in [5.74, 6) is -2.19. The number of nitrogens with zero attached hydrogens (tertiary/aromatic N) is 1. The molecule has 1 unspecified atom stereocenters. The quantitative estimate of drug-likeness (QED) is 0.624. The first-order chi connectivity index (χ1) is 13.4. The molecule has 142 valence electrons. The number of carbonyl (C=O) groups excluding carboxylic acids is 1. The maximum absolute atomic E-state index is 13.8. The summed E-state index contributed by atoms with van der Waals surface area (Å²) in [6.07, 6.45) is 2.39. The topological polar surface area (TPSA) is 105 Å². The van der Waals surface area contributed by atoms with Gasteiger partial charge in [-0.15, -0.1) is 0 Å². The first-order valence-electron chi connectivity index (χ1n) is 8.51. The Morgan fingerprint density at radius 3 is 2.61 bits per heavy atom. The third-order valence-electron chi connectivity index (χ3n) is 4.25. The number of halogens is 1. The summed E-state index contributed by atoms with van der Waals surface area (Å²) in [6.45, 7) is 1.80. The molecule has 0 spiro atoms. The van der Waals surface area contributed by atoms with E-state index in [0.29, 0.717) is 11.1 Å². The van der Waals surface area contributed by atoms with E-state index in [1.807, 2.05) is 0 Å². The second-order valence-electron chi connectivity index (χ2n) is 6.29. The summed E-state index contributed by atoms with van der Waals surface area (Å²) < 4.78 is 13.8. The Kier molecular flexibility index (Phi) is 5.47. The Bertz CT molecular complexity index is 1050. The van der Waals surface area contributed by atoms with Gasteiger partial charge in [-0.1, -0.05) is 18.2 Å². The summed E-state index contributed by atoms with van der Waals surface area (Å²) in [5.41, 5.74) is 8.50. The number of hydrogen-bond acceptors (Lipinski definition) is 4. The Balaban J connectivity index is 2.02. The molecule has 2 aromatic carbocycles. The van der Waals surface area contributed by atoms with E-state index in [0.717, 1.165) is 11.8 Å². The van der Waals surface area contributed by atoms with E-state index in [1.165, 1.54) is 24.4 Å². The van der Waals surface area contributed by atoms with E-state index in [1.54, 1.807) is 37.3 Å². The number of rotatable bonds is 5. The molecule has 0 fully saturated rings. The summed E-state index contributed by atoms with van der Waals surface area (Å²) >= 11 is 0. The van der Waals surface area contributed by atoms with Crippen molar-refractivity contribution in [3.05, 3.63) is 83.4 Å². The van der Waals surface area contributed by atoms with Crippen molar-refractivity contribution < 1.29 is 19.1 Å². The monoisotopic (exact) mass is 379 g/mol. The van der Waals surface area contributed by atoms with Gasteiger partial charge in [-0.05, 0) is 53.9 Å². The maximum Gasteiger partial charge on any atom is 0.335 e. The number of aromatic nitrogens is 1. The number of benzene rings is 2. The summed E-state index contributed by atoms with van der Waals surface area (Å²) in [5, 5.41) is 11.7. The van der Waals surface area contributed by atoms with Crippen LogP contribution in [0.5, 0.6) is 0 Å². The van der Waals surface area contributed by atoms with E-state index < -0.39 is 17.7 Å². The van der Waals surface area contributed by atoms with Crippen LogP contribution in [0.2, 0.25) is 0 Å². The molecule has 1 atom stereocenters. The highest BCUT2D eigenvalue weighted by molar-refractivity contribution is 6.05. The molecule has 1 aromatic heterocycles. The molecule has 6 nitrogen and oxygen atoms in total. The van der Waals surface area contributed by atoms with Crippen molar-refractivity contribution in [2.75, 3.05) is 5.32 Å². The zero-order valence-electron chi connectivity index (χ0n) is 15.0. The highest BCUT2D eigenvalue weighted by atomic mass is 19.1. The molecular formula is C21H18FN3O3. The van der Waals surface area contributed by atoms with Crippen LogP contribution in [-0.4, -0.2) is 22.0 Å². The predicted octanol–water partition coefficient (Wildman–Crippen LogP) is 3.86. The van der Waals surface area contributed by atoms with E-state index in [-0.39, 0.29) is 22.9 Å². The summed E-state index contributed by atoms with van der Waals surface area (Å²) in [4.78, 5) is 27.5. The molecule has 0 aliphatic carbocycles. The number of aromatic carboxylic acids is 1. The second-order valence-corrected chi connectivity index (χ2v) is 6.29. The van der Waals surface area contributed by atoms with Gasteiger partial charge in [0.25, 0.3) is 5.91 Å². The number of anilines is 1. The first-order valence-corrected chi connectivity index (χ1v) is 8.51. The Hall–Kier alpha value is -3.58. The predicted molar refractivity (Wildman–Crippen MR) is 104 cm³/mol.